The lowest BCUT2D eigenvalue weighted by atomic mass is 9.51. The molecule has 0 amide bonds. The minimum Gasteiger partial charge on any atom is -0.382 e. The Kier molecular flexibility index (Phi) is 5.81. The predicted octanol–water partition coefficient (Wildman–Crippen LogP) is 5.28. The van der Waals surface area contributed by atoms with E-state index in [0.717, 1.165) is 32.1 Å². The van der Waals surface area contributed by atoms with Gasteiger partial charge in [-0.2, -0.15) is 0 Å². The van der Waals surface area contributed by atoms with Crippen LogP contribution in [-0.4, -0.2) is 44.0 Å². The quantitative estimate of drug-likeness (QED) is 0.284. The first-order chi connectivity index (χ1) is 12.9. The van der Waals surface area contributed by atoms with Gasteiger partial charge in [-0.3, -0.25) is 0 Å². The Bertz CT molecular complexity index is 714. The number of aliphatic hydroxyl groups is 1. The van der Waals surface area contributed by atoms with Crippen molar-refractivity contribution in [2.45, 2.75) is 107 Å². The summed E-state index contributed by atoms with van der Waals surface area (Å²) in [6.07, 6.45) is 5.03. The molecule has 0 bridgehead atoms. The molecule has 1 saturated heterocycles. The molecule has 2 saturated carbocycles. The number of ether oxygens (including phenoxy) is 1. The molecule has 3 aliphatic rings. The molecule has 0 aromatic rings. The van der Waals surface area contributed by atoms with Gasteiger partial charge in [-0.15, -0.1) is 11.6 Å². The summed E-state index contributed by atoms with van der Waals surface area (Å²) < 4.78 is 6.67. The van der Waals surface area contributed by atoms with Crippen LogP contribution in [0, 0.1) is 24.3 Å². The van der Waals surface area contributed by atoms with Gasteiger partial charge in [0.05, 0.1) is 27.3 Å². The Labute approximate surface area is 179 Å². The fourth-order valence-corrected chi connectivity index (χ4v) is 6.76. The number of rotatable bonds is 2. The number of fused-ring (bicyclic) bond motifs is 1. The van der Waals surface area contributed by atoms with Crippen LogP contribution in [0.15, 0.2) is 4.99 Å². The van der Waals surface area contributed by atoms with Gasteiger partial charge >= 0.3 is 0 Å². The lowest BCUT2D eigenvalue weighted by molar-refractivity contribution is -0.218. The van der Waals surface area contributed by atoms with E-state index >= 15 is 0 Å². The monoisotopic (exact) mass is 424 g/mol. The van der Waals surface area contributed by atoms with E-state index in [1.807, 2.05) is 6.92 Å². The van der Waals surface area contributed by atoms with Crippen LogP contribution in [0.5, 0.6) is 0 Å². The molecule has 156 valence electrons. The molecule has 3 fully saturated rings. The molecule has 3 rings (SSSR count). The zero-order valence-corrected chi connectivity index (χ0v) is 19.2. The molecule has 28 heavy (non-hydrogen) atoms. The summed E-state index contributed by atoms with van der Waals surface area (Å²) in [5, 5.41) is 13.7. The SMILES string of the molecule is [C-]#[N+][C@@H]1C2C(CC[C@@]1(C)O)[C@](C)(N=C=S)CCC2[C@@]1(C)CC[C@H](Cl)C(C)(C)O1. The lowest BCUT2D eigenvalue weighted by Crippen LogP contribution is -2.64. The van der Waals surface area contributed by atoms with Crippen LogP contribution in [0.4, 0.5) is 0 Å². The first kappa shape index (κ1) is 22.2. The Balaban J connectivity index is 2.05. The smallest absolute Gasteiger partial charge is 0.255 e. The molecule has 0 aromatic carbocycles. The highest BCUT2D eigenvalue weighted by molar-refractivity contribution is 7.78. The Morgan fingerprint density at radius 3 is 2.32 bits per heavy atom. The molecular weight excluding hydrogens is 392 g/mol. The van der Waals surface area contributed by atoms with Crippen molar-refractivity contribution in [3.8, 4) is 0 Å². The minimum absolute atomic E-state index is 0.0137. The van der Waals surface area contributed by atoms with Crippen molar-refractivity contribution in [1.82, 2.24) is 0 Å². The van der Waals surface area contributed by atoms with Gasteiger partial charge in [0.2, 0.25) is 0 Å². The number of thiocarbonyl (C=S) groups is 1. The summed E-state index contributed by atoms with van der Waals surface area (Å²) in [7, 11) is 0. The van der Waals surface area contributed by atoms with Gasteiger partial charge in [0.15, 0.2) is 0 Å². The summed E-state index contributed by atoms with van der Waals surface area (Å²) in [6, 6.07) is -0.464. The van der Waals surface area contributed by atoms with Gasteiger partial charge in [0.1, 0.15) is 5.60 Å². The van der Waals surface area contributed by atoms with E-state index < -0.39 is 17.2 Å². The Hall–Kier alpha value is -0.500. The van der Waals surface area contributed by atoms with Gasteiger partial charge in [-0.25, -0.2) is 11.6 Å². The molecule has 1 N–H and O–H groups in total. The average molecular weight is 425 g/mol. The van der Waals surface area contributed by atoms with Crippen molar-refractivity contribution >= 4 is 29.0 Å². The van der Waals surface area contributed by atoms with Crippen LogP contribution >= 0.6 is 23.8 Å². The largest absolute Gasteiger partial charge is 0.382 e. The first-order valence-corrected chi connectivity index (χ1v) is 11.3. The number of hydrogen-bond acceptors (Lipinski definition) is 4. The molecule has 1 heterocycles. The van der Waals surface area contributed by atoms with E-state index in [2.05, 4.69) is 42.7 Å². The Morgan fingerprint density at radius 2 is 1.75 bits per heavy atom. The first-order valence-electron chi connectivity index (χ1n) is 10.4. The van der Waals surface area contributed by atoms with E-state index in [1.54, 1.807) is 0 Å². The molecular formula is C22H33ClN2O2S. The fraction of sp³-hybridized carbons (Fsp3) is 0.909. The maximum Gasteiger partial charge on any atom is 0.255 e. The maximum atomic E-state index is 11.1. The number of aliphatic imine (C=N–C) groups is 1. The second kappa shape index (κ2) is 7.33. The third kappa shape index (κ3) is 3.57. The van der Waals surface area contributed by atoms with Crippen LogP contribution in [0.1, 0.15) is 73.1 Å². The summed E-state index contributed by atoms with van der Waals surface area (Å²) in [5.41, 5.74) is -2.09. The second-order valence-electron chi connectivity index (χ2n) is 10.4. The van der Waals surface area contributed by atoms with E-state index in [0.29, 0.717) is 6.42 Å². The highest BCUT2D eigenvalue weighted by atomic mass is 35.5. The minimum atomic E-state index is -0.990. The molecule has 0 spiro atoms. The molecule has 4 nitrogen and oxygen atoms in total. The van der Waals surface area contributed by atoms with Crippen molar-refractivity contribution in [2.24, 2.45) is 22.7 Å². The van der Waals surface area contributed by atoms with Gasteiger partial charge < -0.3 is 14.7 Å². The van der Waals surface area contributed by atoms with Crippen LogP contribution in [0.2, 0.25) is 0 Å². The zero-order chi connectivity index (χ0) is 21.0. The molecule has 0 radical (unpaired) electrons. The fourth-order valence-electron chi connectivity index (χ4n) is 6.39. The molecule has 2 aliphatic carbocycles. The van der Waals surface area contributed by atoms with E-state index in [9.17, 15) is 5.11 Å². The maximum absolute atomic E-state index is 11.1. The number of alkyl halides is 1. The predicted molar refractivity (Wildman–Crippen MR) is 116 cm³/mol. The van der Waals surface area contributed by atoms with Crippen LogP contribution < -0.4 is 0 Å². The van der Waals surface area contributed by atoms with Crippen molar-refractivity contribution in [3.63, 3.8) is 0 Å². The lowest BCUT2D eigenvalue weighted by Gasteiger charge is -2.58. The van der Waals surface area contributed by atoms with E-state index in [-0.39, 0.29) is 34.3 Å². The standard InChI is InChI=1S/C22H33ClN2O2S/c1-19(2)16(23)9-12-22(5,27-19)15-7-10-20(3,25-13-28)14-8-11-21(4,26)18(24-6)17(14)15/h14-18,26H,7-12H2,1-5H3/t14?,15?,16-,17?,18+,20+,21+,22+/m0/s1. The second-order valence-corrected chi connectivity index (χ2v) is 11.1. The van der Waals surface area contributed by atoms with Gasteiger partial charge in [0, 0.05) is 5.92 Å². The van der Waals surface area contributed by atoms with Crippen molar-refractivity contribution in [1.29, 1.82) is 0 Å². The van der Waals surface area contributed by atoms with Crippen molar-refractivity contribution in [3.05, 3.63) is 11.4 Å². The topological polar surface area (TPSA) is 46.2 Å². The molecule has 0 aromatic heterocycles. The zero-order valence-electron chi connectivity index (χ0n) is 17.7. The Morgan fingerprint density at radius 1 is 1.11 bits per heavy atom. The highest BCUT2D eigenvalue weighted by Gasteiger charge is 2.64. The summed E-state index contributed by atoms with van der Waals surface area (Å²) in [4.78, 5) is 8.55. The van der Waals surface area contributed by atoms with E-state index in [4.69, 9.17) is 35.1 Å². The molecule has 6 heteroatoms. The van der Waals surface area contributed by atoms with Crippen molar-refractivity contribution < 1.29 is 9.84 Å². The number of hydrogen-bond donors (Lipinski definition) is 1. The van der Waals surface area contributed by atoms with Gasteiger partial charge in [0.25, 0.3) is 6.04 Å². The summed E-state index contributed by atoms with van der Waals surface area (Å²) in [6.45, 7) is 18.2. The average Bonchev–Trinajstić information content (AvgIpc) is 2.57. The number of isothiocyanates is 1. The summed E-state index contributed by atoms with van der Waals surface area (Å²) in [5.74, 6) is 0.387. The van der Waals surface area contributed by atoms with Crippen LogP contribution in [0.25, 0.3) is 4.85 Å². The molecule has 3 unspecified atom stereocenters. The van der Waals surface area contributed by atoms with E-state index in [1.165, 1.54) is 0 Å². The third-order valence-corrected chi connectivity index (χ3v) is 8.86. The summed E-state index contributed by atoms with van der Waals surface area (Å²) >= 11 is 11.5. The number of halogens is 1. The van der Waals surface area contributed by atoms with Gasteiger partial charge in [-0.05, 0) is 97.2 Å². The molecule has 8 atom stereocenters. The molecule has 1 aliphatic heterocycles. The third-order valence-electron chi connectivity index (χ3n) is 8.02. The van der Waals surface area contributed by atoms with Gasteiger partial charge in [-0.1, -0.05) is 0 Å². The highest BCUT2D eigenvalue weighted by Crippen LogP contribution is 2.58. The van der Waals surface area contributed by atoms with Crippen LogP contribution in [0.3, 0.4) is 0 Å². The number of nitrogens with zero attached hydrogens (tertiary/aromatic N) is 2. The van der Waals surface area contributed by atoms with Crippen molar-refractivity contribution in [2.75, 3.05) is 0 Å². The normalized spacial score (nSPS) is 50.7. The van der Waals surface area contributed by atoms with Crippen LogP contribution in [-0.2, 0) is 4.74 Å².